The van der Waals surface area contributed by atoms with Crippen LogP contribution in [-0.4, -0.2) is 43.3 Å². The highest BCUT2D eigenvalue weighted by atomic mass is 32.2. The van der Waals surface area contributed by atoms with E-state index in [9.17, 15) is 0 Å². The Morgan fingerprint density at radius 2 is 2.38 bits per heavy atom. The summed E-state index contributed by atoms with van der Waals surface area (Å²) in [6, 6.07) is 0. The first-order valence-corrected chi connectivity index (χ1v) is 6.10. The lowest BCUT2D eigenvalue weighted by molar-refractivity contribution is 0.200. The summed E-state index contributed by atoms with van der Waals surface area (Å²) >= 11 is 2.75. The molecule has 16 heavy (non-hydrogen) atoms. The zero-order chi connectivity index (χ0) is 11.4. The van der Waals surface area contributed by atoms with Gasteiger partial charge in [-0.15, -0.1) is 5.10 Å². The Morgan fingerprint density at radius 3 is 3.06 bits per heavy atom. The molecule has 0 aliphatic heterocycles. The number of aryl methyl sites for hydroxylation is 1. The third-order valence-electron chi connectivity index (χ3n) is 1.74. The van der Waals surface area contributed by atoms with Crippen LogP contribution in [0.4, 0.5) is 0 Å². The lowest BCUT2D eigenvalue weighted by Gasteiger charge is -1.93. The number of aromatic nitrogens is 6. The molecule has 2 heterocycles. The van der Waals surface area contributed by atoms with Gasteiger partial charge in [-0.2, -0.15) is 4.37 Å². The third kappa shape index (κ3) is 2.74. The molecule has 86 valence electrons. The lowest BCUT2D eigenvalue weighted by Crippen LogP contribution is -1.96. The second-order valence-electron chi connectivity index (χ2n) is 2.91. The normalized spacial score (nSPS) is 10.9. The molecule has 0 aliphatic carbocycles. The fourth-order valence-electron chi connectivity index (χ4n) is 0.960. The van der Waals surface area contributed by atoms with Crippen LogP contribution in [0.1, 0.15) is 5.82 Å². The molecule has 0 aromatic carbocycles. The highest BCUT2D eigenvalue weighted by Crippen LogP contribution is 2.26. The largest absolute Gasteiger partial charge is 0.384 e. The van der Waals surface area contributed by atoms with Crippen LogP contribution in [0.15, 0.2) is 9.50 Å². The predicted molar refractivity (Wildman–Crippen MR) is 58.4 cm³/mol. The topological polar surface area (TPSA) is 78.6 Å². The van der Waals surface area contributed by atoms with Crippen LogP contribution in [0.2, 0.25) is 0 Å². The molecule has 2 aromatic heterocycles. The number of methoxy groups -OCH3 is 1. The quantitative estimate of drug-likeness (QED) is 0.768. The maximum Gasteiger partial charge on any atom is 0.216 e. The molecule has 9 heteroatoms. The first-order chi connectivity index (χ1) is 7.79. The molecule has 0 saturated carbocycles. The van der Waals surface area contributed by atoms with Gasteiger partial charge >= 0.3 is 0 Å². The van der Waals surface area contributed by atoms with E-state index in [1.807, 2.05) is 0 Å². The van der Waals surface area contributed by atoms with Gasteiger partial charge in [-0.05, 0) is 33.7 Å². The van der Waals surface area contributed by atoms with E-state index in [1.54, 1.807) is 18.8 Å². The average molecular weight is 258 g/mol. The molecule has 0 N–H and O–H groups in total. The van der Waals surface area contributed by atoms with Crippen LogP contribution in [-0.2, 0) is 18.2 Å². The van der Waals surface area contributed by atoms with Crippen LogP contribution < -0.4 is 0 Å². The number of tetrazole rings is 1. The molecule has 0 unspecified atom stereocenters. The summed E-state index contributed by atoms with van der Waals surface area (Å²) in [6.45, 7) is 0.631. The summed E-state index contributed by atoms with van der Waals surface area (Å²) in [4.78, 5) is 4.35. The number of rotatable bonds is 5. The molecule has 0 spiro atoms. The van der Waals surface area contributed by atoms with Crippen molar-refractivity contribution in [2.75, 3.05) is 13.7 Å². The van der Waals surface area contributed by atoms with E-state index in [1.165, 1.54) is 23.3 Å². The van der Waals surface area contributed by atoms with Crippen molar-refractivity contribution in [2.45, 2.75) is 15.9 Å². The smallest absolute Gasteiger partial charge is 0.216 e. The third-order valence-corrected chi connectivity index (χ3v) is 3.56. The second-order valence-corrected chi connectivity index (χ2v) is 4.87. The zero-order valence-electron chi connectivity index (χ0n) is 8.82. The molecule has 0 aliphatic rings. The fraction of sp³-hybridized carbons (Fsp3) is 0.571. The Bertz CT molecular complexity index is 455. The van der Waals surface area contributed by atoms with Crippen LogP contribution in [0.5, 0.6) is 0 Å². The van der Waals surface area contributed by atoms with Crippen LogP contribution in [0.3, 0.4) is 0 Å². The Kier molecular flexibility index (Phi) is 3.80. The predicted octanol–water partition coefficient (Wildman–Crippen LogP) is 0.402. The van der Waals surface area contributed by atoms with Gasteiger partial charge in [0.15, 0.2) is 4.34 Å². The van der Waals surface area contributed by atoms with Gasteiger partial charge in [0.25, 0.3) is 0 Å². The molecule has 2 rings (SSSR count). The Balaban J connectivity index is 2.00. The van der Waals surface area contributed by atoms with E-state index in [4.69, 9.17) is 4.74 Å². The maximum atomic E-state index is 4.96. The van der Waals surface area contributed by atoms with Crippen LogP contribution in [0.25, 0.3) is 0 Å². The van der Waals surface area contributed by atoms with Gasteiger partial charge in [-0.25, -0.2) is 9.67 Å². The summed E-state index contributed by atoms with van der Waals surface area (Å²) < 4.78 is 11.6. The maximum absolute atomic E-state index is 4.96. The van der Waals surface area contributed by atoms with Gasteiger partial charge in [0.2, 0.25) is 5.16 Å². The average Bonchev–Trinajstić information content (AvgIpc) is 2.87. The van der Waals surface area contributed by atoms with Gasteiger partial charge in [0.05, 0.1) is 6.61 Å². The van der Waals surface area contributed by atoms with Gasteiger partial charge < -0.3 is 4.74 Å². The standard InChI is InChI=1S/C7H10N6OS2/c1-13-6(9-11-12-13)15-7-8-5(10-16-7)3-4-14-2/h3-4H2,1-2H3. The number of hydrogen-bond acceptors (Lipinski definition) is 8. The minimum atomic E-state index is 0.631. The van der Waals surface area contributed by atoms with Gasteiger partial charge in [-0.3, -0.25) is 0 Å². The van der Waals surface area contributed by atoms with Gasteiger partial charge in [-0.1, -0.05) is 0 Å². The number of hydrogen-bond donors (Lipinski definition) is 0. The second kappa shape index (κ2) is 5.32. The van der Waals surface area contributed by atoms with Crippen LogP contribution >= 0.6 is 23.3 Å². The summed E-state index contributed by atoms with van der Waals surface area (Å²) in [5.74, 6) is 0.796. The van der Waals surface area contributed by atoms with Crippen molar-refractivity contribution in [2.24, 2.45) is 7.05 Å². The van der Waals surface area contributed by atoms with E-state index in [0.29, 0.717) is 11.8 Å². The van der Waals surface area contributed by atoms with Gasteiger partial charge in [0.1, 0.15) is 5.82 Å². The Labute approximate surface area is 100 Å². The highest BCUT2D eigenvalue weighted by Gasteiger charge is 2.09. The molecular weight excluding hydrogens is 248 g/mol. The van der Waals surface area contributed by atoms with Crippen molar-refractivity contribution in [3.63, 3.8) is 0 Å². The fourth-order valence-corrected chi connectivity index (χ4v) is 2.46. The number of nitrogens with zero attached hydrogens (tertiary/aromatic N) is 6. The lowest BCUT2D eigenvalue weighted by atomic mass is 10.4. The van der Waals surface area contributed by atoms with Crippen molar-refractivity contribution >= 4 is 23.3 Å². The van der Waals surface area contributed by atoms with E-state index >= 15 is 0 Å². The Hall–Kier alpha value is -1.06. The SMILES string of the molecule is COCCc1nsc(Sc2nnnn2C)n1. The number of ether oxygens (including phenoxy) is 1. The van der Waals surface area contributed by atoms with E-state index < -0.39 is 0 Å². The Morgan fingerprint density at radius 1 is 1.50 bits per heavy atom. The van der Waals surface area contributed by atoms with Crippen molar-refractivity contribution in [1.29, 1.82) is 0 Å². The minimum Gasteiger partial charge on any atom is -0.384 e. The highest BCUT2D eigenvalue weighted by molar-refractivity contribution is 8.00. The first-order valence-electron chi connectivity index (χ1n) is 4.51. The van der Waals surface area contributed by atoms with E-state index in [-0.39, 0.29) is 0 Å². The summed E-state index contributed by atoms with van der Waals surface area (Å²) in [5, 5.41) is 11.9. The summed E-state index contributed by atoms with van der Waals surface area (Å²) in [6.07, 6.45) is 0.727. The van der Waals surface area contributed by atoms with Gasteiger partial charge in [0, 0.05) is 20.6 Å². The molecule has 0 amide bonds. The van der Waals surface area contributed by atoms with Crippen LogP contribution in [0, 0.1) is 0 Å². The van der Waals surface area contributed by atoms with E-state index in [2.05, 4.69) is 24.9 Å². The molecule has 0 fully saturated rings. The molecule has 2 aromatic rings. The molecule has 0 saturated heterocycles. The van der Waals surface area contributed by atoms with Crippen molar-refractivity contribution in [3.05, 3.63) is 5.82 Å². The molecule has 0 atom stereocenters. The summed E-state index contributed by atoms with van der Waals surface area (Å²) in [5.41, 5.74) is 0. The zero-order valence-corrected chi connectivity index (χ0v) is 10.5. The van der Waals surface area contributed by atoms with Crippen molar-refractivity contribution in [1.82, 2.24) is 29.6 Å². The van der Waals surface area contributed by atoms with E-state index in [0.717, 1.165) is 16.6 Å². The van der Waals surface area contributed by atoms with Crippen molar-refractivity contribution < 1.29 is 4.74 Å². The van der Waals surface area contributed by atoms with Crippen molar-refractivity contribution in [3.8, 4) is 0 Å². The monoisotopic (exact) mass is 258 g/mol. The first kappa shape index (κ1) is 11.4. The minimum absolute atomic E-state index is 0.631. The molecule has 0 radical (unpaired) electrons. The summed E-state index contributed by atoms with van der Waals surface area (Å²) in [7, 11) is 3.45. The molecule has 0 bridgehead atoms. The molecular formula is C7H10N6OS2. The molecule has 7 nitrogen and oxygen atoms in total.